The molecule has 0 saturated carbocycles. The molecule has 0 bridgehead atoms. The number of rotatable bonds is 9. The van der Waals surface area contributed by atoms with E-state index in [1.807, 2.05) is 13.0 Å². The predicted octanol–water partition coefficient (Wildman–Crippen LogP) is 3.86. The molecule has 1 atom stereocenters. The minimum absolute atomic E-state index is 0.514. The third-order valence-electron chi connectivity index (χ3n) is 4.74. The number of likely N-dealkylation sites (tertiary alicyclic amines) is 1. The first kappa shape index (κ1) is 19.8. The van der Waals surface area contributed by atoms with Crippen LogP contribution in [0.15, 0.2) is 30.4 Å². The Bertz CT molecular complexity index is 557. The Morgan fingerprint density at radius 1 is 1.36 bits per heavy atom. The van der Waals surface area contributed by atoms with Crippen molar-refractivity contribution in [2.24, 2.45) is 5.92 Å². The van der Waals surface area contributed by atoms with Gasteiger partial charge in [0.05, 0.1) is 7.11 Å². The largest absolute Gasteiger partial charge is 0.493 e. The van der Waals surface area contributed by atoms with E-state index in [1.165, 1.54) is 31.5 Å². The van der Waals surface area contributed by atoms with E-state index in [-0.39, 0.29) is 0 Å². The van der Waals surface area contributed by atoms with Gasteiger partial charge in [0.15, 0.2) is 11.5 Å². The summed E-state index contributed by atoms with van der Waals surface area (Å²) in [6, 6.07) is 6.79. The summed E-state index contributed by atoms with van der Waals surface area (Å²) < 4.78 is 11.2. The summed E-state index contributed by atoms with van der Waals surface area (Å²) in [7, 11) is 1.67. The van der Waals surface area contributed by atoms with Crippen LogP contribution in [0.1, 0.15) is 39.2 Å². The van der Waals surface area contributed by atoms with Crippen LogP contribution in [0.5, 0.6) is 11.5 Å². The Balaban J connectivity index is 1.85. The Hall–Kier alpha value is -1.52. The number of nitrogens with zero attached hydrogens (tertiary/aromatic N) is 1. The molecule has 140 valence electrons. The van der Waals surface area contributed by atoms with Crippen molar-refractivity contribution in [3.63, 3.8) is 0 Å². The normalized spacial score (nSPS) is 18.4. The van der Waals surface area contributed by atoms with Crippen LogP contribution < -0.4 is 14.8 Å². The second kappa shape index (κ2) is 9.83. The van der Waals surface area contributed by atoms with Gasteiger partial charge in [-0.05, 0) is 75.9 Å². The van der Waals surface area contributed by atoms with Crippen molar-refractivity contribution in [2.75, 3.05) is 33.4 Å². The smallest absolute Gasteiger partial charge is 0.161 e. The summed E-state index contributed by atoms with van der Waals surface area (Å²) in [5.41, 5.74) is 2.21. The Morgan fingerprint density at radius 3 is 2.84 bits per heavy atom. The maximum atomic E-state index is 5.81. The van der Waals surface area contributed by atoms with Crippen LogP contribution >= 0.6 is 0 Å². The van der Waals surface area contributed by atoms with Crippen LogP contribution in [0.25, 0.3) is 0 Å². The zero-order valence-corrected chi connectivity index (χ0v) is 16.3. The van der Waals surface area contributed by atoms with E-state index in [9.17, 15) is 0 Å². The maximum absolute atomic E-state index is 5.81. The van der Waals surface area contributed by atoms with E-state index in [4.69, 9.17) is 9.47 Å². The van der Waals surface area contributed by atoms with Gasteiger partial charge in [0.2, 0.25) is 0 Å². The highest BCUT2D eigenvalue weighted by atomic mass is 16.5. The number of ether oxygens (including phenoxy) is 2. The van der Waals surface area contributed by atoms with Crippen LogP contribution in [0.4, 0.5) is 0 Å². The molecule has 1 aromatic rings. The fourth-order valence-electron chi connectivity index (χ4n) is 3.30. The van der Waals surface area contributed by atoms with Crippen LogP contribution in [0, 0.1) is 5.92 Å². The molecule has 0 radical (unpaired) electrons. The fourth-order valence-corrected chi connectivity index (χ4v) is 3.30. The van der Waals surface area contributed by atoms with Gasteiger partial charge in [-0.1, -0.05) is 12.6 Å². The summed E-state index contributed by atoms with van der Waals surface area (Å²) in [5, 5.41) is 3.62. The lowest BCUT2D eigenvalue weighted by Gasteiger charge is -2.35. The van der Waals surface area contributed by atoms with Gasteiger partial charge in [-0.2, -0.15) is 0 Å². The van der Waals surface area contributed by atoms with Crippen LogP contribution in [0.2, 0.25) is 0 Å². The summed E-state index contributed by atoms with van der Waals surface area (Å²) >= 11 is 0. The van der Waals surface area contributed by atoms with E-state index in [0.29, 0.717) is 12.6 Å². The minimum Gasteiger partial charge on any atom is -0.493 e. The lowest BCUT2D eigenvalue weighted by atomic mass is 9.97. The molecular weight excluding hydrogens is 312 g/mol. The van der Waals surface area contributed by atoms with Gasteiger partial charge in [0, 0.05) is 19.1 Å². The van der Waals surface area contributed by atoms with Crippen molar-refractivity contribution < 1.29 is 9.47 Å². The first-order chi connectivity index (χ1) is 12.0. The van der Waals surface area contributed by atoms with Crippen molar-refractivity contribution in [3.8, 4) is 11.5 Å². The van der Waals surface area contributed by atoms with Gasteiger partial charge >= 0.3 is 0 Å². The summed E-state index contributed by atoms with van der Waals surface area (Å²) in [6.45, 7) is 15.3. The highest BCUT2D eigenvalue weighted by Crippen LogP contribution is 2.28. The number of nitrogens with one attached hydrogen (secondary N) is 1. The molecule has 1 N–H and O–H groups in total. The van der Waals surface area contributed by atoms with Crippen molar-refractivity contribution in [3.05, 3.63) is 35.9 Å². The van der Waals surface area contributed by atoms with E-state index < -0.39 is 0 Å². The minimum atomic E-state index is 0.514. The van der Waals surface area contributed by atoms with Crippen LogP contribution in [-0.2, 0) is 6.54 Å². The lowest BCUT2D eigenvalue weighted by molar-refractivity contribution is 0.138. The van der Waals surface area contributed by atoms with Crippen LogP contribution in [0.3, 0.4) is 0 Å². The van der Waals surface area contributed by atoms with Gasteiger partial charge in [-0.15, -0.1) is 0 Å². The highest BCUT2D eigenvalue weighted by Gasteiger charge is 2.21. The van der Waals surface area contributed by atoms with Gasteiger partial charge < -0.3 is 19.7 Å². The Labute approximate surface area is 153 Å². The van der Waals surface area contributed by atoms with Crippen molar-refractivity contribution >= 4 is 0 Å². The molecule has 1 aliphatic rings. The molecule has 1 saturated heterocycles. The maximum Gasteiger partial charge on any atom is 0.161 e. The number of hydrogen-bond acceptors (Lipinski definition) is 4. The van der Waals surface area contributed by atoms with Crippen LogP contribution in [-0.4, -0.2) is 44.3 Å². The molecule has 1 aromatic carbocycles. The second-order valence-corrected chi connectivity index (χ2v) is 7.46. The molecule has 1 heterocycles. The topological polar surface area (TPSA) is 33.7 Å². The molecule has 0 aromatic heterocycles. The monoisotopic (exact) mass is 346 g/mol. The third kappa shape index (κ3) is 6.37. The molecule has 2 rings (SSSR count). The van der Waals surface area contributed by atoms with E-state index in [2.05, 4.69) is 42.8 Å². The molecule has 1 aliphatic heterocycles. The summed E-state index contributed by atoms with van der Waals surface area (Å²) in [5.74, 6) is 2.30. The Morgan fingerprint density at radius 2 is 2.16 bits per heavy atom. The summed E-state index contributed by atoms with van der Waals surface area (Å²) in [6.07, 6.45) is 2.64. The van der Waals surface area contributed by atoms with E-state index in [0.717, 1.165) is 36.1 Å². The molecule has 0 aliphatic carbocycles. The standard InChI is InChI=1S/C21H34N2O2/c1-16(2)15-25-21-11-18(8-9-20(21)24-5)12-22-13-19-7-6-10-23(14-19)17(3)4/h8-9,11,17,19,22H,1,6-7,10,12-15H2,2-5H3. The number of hydrogen-bond donors (Lipinski definition) is 1. The highest BCUT2D eigenvalue weighted by molar-refractivity contribution is 5.43. The molecular formula is C21H34N2O2. The molecule has 4 nitrogen and oxygen atoms in total. The molecule has 0 spiro atoms. The first-order valence-corrected chi connectivity index (χ1v) is 9.38. The number of methoxy groups -OCH3 is 1. The van der Waals surface area contributed by atoms with E-state index >= 15 is 0 Å². The lowest BCUT2D eigenvalue weighted by Crippen LogP contribution is -2.42. The SMILES string of the molecule is C=C(C)COc1cc(CNCC2CCCN(C(C)C)C2)ccc1OC. The molecule has 0 amide bonds. The quantitative estimate of drug-likeness (QED) is 0.689. The zero-order valence-electron chi connectivity index (χ0n) is 16.3. The van der Waals surface area contributed by atoms with Gasteiger partial charge in [0.25, 0.3) is 0 Å². The number of benzene rings is 1. The fraction of sp³-hybridized carbons (Fsp3) is 0.619. The van der Waals surface area contributed by atoms with Gasteiger partial charge in [0.1, 0.15) is 6.61 Å². The van der Waals surface area contributed by atoms with Gasteiger partial charge in [-0.3, -0.25) is 0 Å². The number of piperidine rings is 1. The second-order valence-electron chi connectivity index (χ2n) is 7.46. The molecule has 1 unspecified atom stereocenters. The van der Waals surface area contributed by atoms with Gasteiger partial charge in [-0.25, -0.2) is 0 Å². The third-order valence-corrected chi connectivity index (χ3v) is 4.74. The van der Waals surface area contributed by atoms with E-state index in [1.54, 1.807) is 7.11 Å². The Kier molecular flexibility index (Phi) is 7.79. The average Bonchev–Trinajstić information content (AvgIpc) is 2.60. The average molecular weight is 347 g/mol. The molecule has 4 heteroatoms. The predicted molar refractivity (Wildman–Crippen MR) is 104 cm³/mol. The molecule has 25 heavy (non-hydrogen) atoms. The first-order valence-electron chi connectivity index (χ1n) is 9.38. The van der Waals surface area contributed by atoms with Crippen molar-refractivity contribution in [1.29, 1.82) is 0 Å². The summed E-state index contributed by atoms with van der Waals surface area (Å²) in [4.78, 5) is 2.59. The van der Waals surface area contributed by atoms with Crippen molar-refractivity contribution in [2.45, 2.75) is 46.2 Å². The zero-order chi connectivity index (χ0) is 18.2. The molecule has 1 fully saturated rings. The van der Waals surface area contributed by atoms with Crippen molar-refractivity contribution in [1.82, 2.24) is 10.2 Å².